The van der Waals surface area contributed by atoms with E-state index in [4.69, 9.17) is 32.8 Å². The van der Waals surface area contributed by atoms with Crippen molar-refractivity contribution >= 4 is 35.1 Å². The van der Waals surface area contributed by atoms with E-state index in [1.165, 1.54) is 18.3 Å². The van der Waals surface area contributed by atoms with Gasteiger partial charge in [0.2, 0.25) is 0 Å². The van der Waals surface area contributed by atoms with Gasteiger partial charge in [-0.3, -0.25) is 10.1 Å². The van der Waals surface area contributed by atoms with Gasteiger partial charge < -0.3 is 9.57 Å². The minimum Gasteiger partial charge on any atom is -0.488 e. The van der Waals surface area contributed by atoms with Crippen molar-refractivity contribution in [2.24, 2.45) is 5.16 Å². The molecule has 0 aliphatic carbocycles. The molecule has 0 spiro atoms. The molecule has 0 amide bonds. The lowest BCUT2D eigenvalue weighted by molar-refractivity contribution is -0.384. The zero-order valence-electron chi connectivity index (χ0n) is 15.1. The Hall–Kier alpha value is -3.09. The second kappa shape index (κ2) is 9.91. The predicted octanol–water partition coefficient (Wildman–Crippen LogP) is 6.03. The van der Waals surface area contributed by atoms with E-state index < -0.39 is 4.92 Å². The summed E-state index contributed by atoms with van der Waals surface area (Å²) in [4.78, 5) is 15.6. The Morgan fingerprint density at radius 2 is 1.72 bits per heavy atom. The Balaban J connectivity index is 1.60. The number of para-hydroxylation sites is 1. The van der Waals surface area contributed by atoms with Crippen molar-refractivity contribution in [3.05, 3.63) is 104 Å². The molecule has 3 aromatic rings. The first kappa shape index (κ1) is 20.6. The van der Waals surface area contributed by atoms with Crippen LogP contribution in [0.25, 0.3) is 0 Å². The third-order valence-electron chi connectivity index (χ3n) is 3.92. The monoisotopic (exact) mass is 430 g/mol. The Bertz CT molecular complexity index is 1040. The molecule has 3 aromatic carbocycles. The van der Waals surface area contributed by atoms with Gasteiger partial charge in [0.05, 0.1) is 21.2 Å². The molecule has 8 heteroatoms. The summed E-state index contributed by atoms with van der Waals surface area (Å²) in [6.07, 6.45) is 1.53. The maximum atomic E-state index is 10.8. The lowest BCUT2D eigenvalue weighted by Gasteiger charge is -2.09. The van der Waals surface area contributed by atoms with E-state index in [0.717, 1.165) is 11.1 Å². The Morgan fingerprint density at radius 1 is 0.931 bits per heavy atom. The van der Waals surface area contributed by atoms with Crippen LogP contribution in [0.2, 0.25) is 10.0 Å². The molecule has 0 aliphatic rings. The standard InChI is InChI=1S/C21H16Cl2N2O4/c22-19-9-8-16(11-20(19)23)13-28-21-7-2-1-5-17(21)12-24-29-14-15-4-3-6-18(10-15)25(26)27/h1-12H,13-14H2/b24-12-. The van der Waals surface area contributed by atoms with Crippen LogP contribution in [0, 0.1) is 10.1 Å². The number of hydrogen-bond donors (Lipinski definition) is 0. The first-order valence-electron chi connectivity index (χ1n) is 8.57. The Morgan fingerprint density at radius 3 is 2.52 bits per heavy atom. The number of ether oxygens (including phenoxy) is 1. The quantitative estimate of drug-likeness (QED) is 0.248. The molecule has 0 N–H and O–H groups in total. The van der Waals surface area contributed by atoms with Gasteiger partial charge in [0.1, 0.15) is 19.0 Å². The number of hydrogen-bond acceptors (Lipinski definition) is 5. The molecule has 0 unspecified atom stereocenters. The maximum absolute atomic E-state index is 10.8. The van der Waals surface area contributed by atoms with Gasteiger partial charge in [0, 0.05) is 17.7 Å². The highest BCUT2D eigenvalue weighted by Gasteiger charge is 2.06. The van der Waals surface area contributed by atoms with Gasteiger partial charge in [-0.05, 0) is 35.4 Å². The van der Waals surface area contributed by atoms with Gasteiger partial charge in [-0.2, -0.15) is 0 Å². The molecular weight excluding hydrogens is 415 g/mol. The van der Waals surface area contributed by atoms with Crippen LogP contribution >= 0.6 is 23.2 Å². The Kier molecular flexibility index (Phi) is 7.05. The van der Waals surface area contributed by atoms with Crippen molar-refractivity contribution in [3.8, 4) is 5.75 Å². The first-order chi connectivity index (χ1) is 14.0. The molecule has 0 atom stereocenters. The largest absolute Gasteiger partial charge is 0.488 e. The zero-order valence-corrected chi connectivity index (χ0v) is 16.6. The SMILES string of the molecule is O=[N+]([O-])c1cccc(CO/N=C\c2ccccc2OCc2ccc(Cl)c(Cl)c2)c1. The van der Waals surface area contributed by atoms with Crippen LogP contribution in [0.5, 0.6) is 5.75 Å². The predicted molar refractivity (Wildman–Crippen MR) is 113 cm³/mol. The van der Waals surface area contributed by atoms with Gasteiger partial charge in [-0.1, -0.05) is 58.7 Å². The number of halogens is 2. The number of oxime groups is 1. The van der Waals surface area contributed by atoms with Crippen LogP contribution in [-0.2, 0) is 18.1 Å². The highest BCUT2D eigenvalue weighted by molar-refractivity contribution is 6.42. The highest BCUT2D eigenvalue weighted by Crippen LogP contribution is 2.24. The number of nitro groups is 1. The van der Waals surface area contributed by atoms with E-state index in [0.29, 0.717) is 28.0 Å². The molecule has 3 rings (SSSR count). The second-order valence-corrected chi connectivity index (χ2v) is 6.82. The third kappa shape index (κ3) is 5.94. The summed E-state index contributed by atoms with van der Waals surface area (Å²) in [6, 6.07) is 18.9. The molecule has 0 fully saturated rings. The van der Waals surface area contributed by atoms with Gasteiger partial charge in [-0.15, -0.1) is 0 Å². The summed E-state index contributed by atoms with van der Waals surface area (Å²) in [5.41, 5.74) is 2.27. The molecule has 0 heterocycles. The van der Waals surface area contributed by atoms with E-state index in [1.54, 1.807) is 24.3 Å². The van der Waals surface area contributed by atoms with Crippen LogP contribution < -0.4 is 4.74 Å². The molecule has 0 saturated heterocycles. The number of rotatable bonds is 8. The van der Waals surface area contributed by atoms with E-state index in [-0.39, 0.29) is 12.3 Å². The topological polar surface area (TPSA) is 74.0 Å². The fourth-order valence-corrected chi connectivity index (χ4v) is 2.80. The molecule has 0 aliphatic heterocycles. The maximum Gasteiger partial charge on any atom is 0.269 e. The molecule has 0 radical (unpaired) electrons. The first-order valence-corrected chi connectivity index (χ1v) is 9.33. The van der Waals surface area contributed by atoms with Crippen LogP contribution in [0.15, 0.2) is 71.9 Å². The van der Waals surface area contributed by atoms with Gasteiger partial charge >= 0.3 is 0 Å². The molecule has 6 nitrogen and oxygen atoms in total. The van der Waals surface area contributed by atoms with Crippen LogP contribution in [-0.4, -0.2) is 11.1 Å². The second-order valence-electron chi connectivity index (χ2n) is 6.01. The zero-order chi connectivity index (χ0) is 20.6. The minimum atomic E-state index is -0.450. The molecule has 29 heavy (non-hydrogen) atoms. The van der Waals surface area contributed by atoms with Crippen molar-refractivity contribution in [2.75, 3.05) is 0 Å². The summed E-state index contributed by atoms with van der Waals surface area (Å²) in [6.45, 7) is 0.431. The smallest absolute Gasteiger partial charge is 0.269 e. The summed E-state index contributed by atoms with van der Waals surface area (Å²) in [5, 5.41) is 15.7. The highest BCUT2D eigenvalue weighted by atomic mass is 35.5. The van der Waals surface area contributed by atoms with Crippen molar-refractivity contribution in [3.63, 3.8) is 0 Å². The average Bonchev–Trinajstić information content (AvgIpc) is 2.73. The van der Waals surface area contributed by atoms with E-state index in [2.05, 4.69) is 5.16 Å². The van der Waals surface area contributed by atoms with Crippen molar-refractivity contribution in [1.29, 1.82) is 0 Å². The van der Waals surface area contributed by atoms with E-state index >= 15 is 0 Å². The molecule has 148 valence electrons. The van der Waals surface area contributed by atoms with Crippen molar-refractivity contribution < 1.29 is 14.5 Å². The van der Waals surface area contributed by atoms with Gasteiger partial charge in [-0.25, -0.2) is 0 Å². The number of nitro benzene ring substituents is 1. The normalized spacial score (nSPS) is 10.8. The lowest BCUT2D eigenvalue weighted by Crippen LogP contribution is -1.98. The number of nitrogens with zero attached hydrogens (tertiary/aromatic N) is 2. The molecule has 0 aromatic heterocycles. The summed E-state index contributed by atoms with van der Waals surface area (Å²) in [7, 11) is 0. The fourth-order valence-electron chi connectivity index (χ4n) is 2.47. The van der Waals surface area contributed by atoms with E-state index in [9.17, 15) is 10.1 Å². The lowest BCUT2D eigenvalue weighted by atomic mass is 10.2. The van der Waals surface area contributed by atoms with Gasteiger partial charge in [0.15, 0.2) is 0 Å². The number of non-ortho nitro benzene ring substituents is 1. The molecule has 0 saturated carbocycles. The van der Waals surface area contributed by atoms with Crippen molar-refractivity contribution in [2.45, 2.75) is 13.2 Å². The summed E-state index contributed by atoms with van der Waals surface area (Å²) >= 11 is 12.0. The third-order valence-corrected chi connectivity index (χ3v) is 4.66. The van der Waals surface area contributed by atoms with Gasteiger partial charge in [0.25, 0.3) is 5.69 Å². The average molecular weight is 431 g/mol. The van der Waals surface area contributed by atoms with Crippen LogP contribution in [0.1, 0.15) is 16.7 Å². The Labute approximate surface area is 177 Å². The van der Waals surface area contributed by atoms with Crippen LogP contribution in [0.3, 0.4) is 0 Å². The van der Waals surface area contributed by atoms with E-state index in [1.807, 2.05) is 30.3 Å². The summed E-state index contributed by atoms with van der Waals surface area (Å²) < 4.78 is 5.85. The fraction of sp³-hybridized carbons (Fsp3) is 0.0952. The molecular formula is C21H16Cl2N2O4. The molecule has 0 bridgehead atoms. The minimum absolute atomic E-state index is 0.0103. The van der Waals surface area contributed by atoms with Crippen molar-refractivity contribution in [1.82, 2.24) is 0 Å². The van der Waals surface area contributed by atoms with Crippen LogP contribution in [0.4, 0.5) is 5.69 Å². The number of benzene rings is 3. The summed E-state index contributed by atoms with van der Waals surface area (Å²) in [5.74, 6) is 0.626.